The first-order valence-corrected chi connectivity index (χ1v) is 5.59. The van der Waals surface area contributed by atoms with Crippen LogP contribution in [0.4, 0.5) is 0 Å². The molecule has 0 fully saturated rings. The van der Waals surface area contributed by atoms with Gasteiger partial charge in [0.2, 0.25) is 0 Å². The number of hydrogen-bond acceptors (Lipinski definition) is 4. The van der Waals surface area contributed by atoms with Crippen molar-refractivity contribution in [1.29, 1.82) is 0 Å². The van der Waals surface area contributed by atoms with Crippen molar-refractivity contribution >= 4 is 16.9 Å². The zero-order valence-electron chi connectivity index (χ0n) is 8.59. The number of nitrogens with zero attached hydrogens (tertiary/aromatic N) is 1. The minimum atomic E-state index is -0.111. The maximum Gasteiger partial charge on any atom is 0.156 e. The standard InChI is InChI=1S/C9H18N2OS/c1-9(2,12-3)7-11-8-10-5-4-6-13-8/h4-7H2,1-3H3,(H,10,11). The van der Waals surface area contributed by atoms with Crippen LogP contribution in [-0.2, 0) is 4.74 Å². The fourth-order valence-corrected chi connectivity index (χ4v) is 1.75. The van der Waals surface area contributed by atoms with Crippen molar-refractivity contribution < 1.29 is 4.74 Å². The van der Waals surface area contributed by atoms with E-state index >= 15 is 0 Å². The number of amidine groups is 1. The lowest BCUT2D eigenvalue weighted by molar-refractivity contribution is 0.0271. The maximum atomic E-state index is 5.30. The van der Waals surface area contributed by atoms with Crippen LogP contribution in [0.2, 0.25) is 0 Å². The predicted molar refractivity (Wildman–Crippen MR) is 58.5 cm³/mol. The van der Waals surface area contributed by atoms with Gasteiger partial charge in [-0.2, -0.15) is 0 Å². The summed E-state index contributed by atoms with van der Waals surface area (Å²) in [7, 11) is 1.73. The van der Waals surface area contributed by atoms with E-state index in [1.807, 2.05) is 0 Å². The van der Waals surface area contributed by atoms with Gasteiger partial charge in [-0.3, -0.25) is 4.99 Å². The smallest absolute Gasteiger partial charge is 0.156 e. The topological polar surface area (TPSA) is 33.6 Å². The molecule has 0 bridgehead atoms. The molecule has 4 heteroatoms. The van der Waals surface area contributed by atoms with E-state index in [0.717, 1.165) is 18.3 Å². The van der Waals surface area contributed by atoms with Crippen LogP contribution in [0, 0.1) is 0 Å². The van der Waals surface area contributed by atoms with Crippen molar-refractivity contribution in [2.75, 3.05) is 26.0 Å². The molecule has 0 amide bonds. The molecule has 76 valence electrons. The zero-order chi connectivity index (χ0) is 9.73. The second-order valence-electron chi connectivity index (χ2n) is 3.71. The van der Waals surface area contributed by atoms with E-state index in [1.54, 1.807) is 18.9 Å². The van der Waals surface area contributed by atoms with Crippen molar-refractivity contribution in [1.82, 2.24) is 5.32 Å². The lowest BCUT2D eigenvalue weighted by Crippen LogP contribution is -2.39. The summed E-state index contributed by atoms with van der Waals surface area (Å²) in [6.07, 6.45) is 1.20. The Morgan fingerprint density at radius 1 is 1.62 bits per heavy atom. The average Bonchev–Trinajstić information content (AvgIpc) is 2.17. The van der Waals surface area contributed by atoms with Crippen LogP contribution in [0.3, 0.4) is 0 Å². The largest absolute Gasteiger partial charge is 0.377 e. The maximum absolute atomic E-state index is 5.30. The van der Waals surface area contributed by atoms with Crippen molar-refractivity contribution in [3.8, 4) is 0 Å². The molecule has 0 saturated heterocycles. The fourth-order valence-electron chi connectivity index (χ4n) is 0.927. The Hall–Kier alpha value is -0.220. The van der Waals surface area contributed by atoms with E-state index in [9.17, 15) is 0 Å². The Labute approximate surface area is 84.3 Å². The first-order chi connectivity index (χ1) is 6.14. The summed E-state index contributed by atoms with van der Waals surface area (Å²) in [5.41, 5.74) is -0.111. The summed E-state index contributed by atoms with van der Waals surface area (Å²) in [6, 6.07) is 0. The minimum absolute atomic E-state index is 0.111. The molecular weight excluding hydrogens is 184 g/mol. The third-order valence-corrected chi connectivity index (χ3v) is 3.05. The molecule has 1 aliphatic rings. The summed E-state index contributed by atoms with van der Waals surface area (Å²) < 4.78 is 5.30. The second kappa shape index (κ2) is 4.86. The van der Waals surface area contributed by atoms with Crippen molar-refractivity contribution in [2.24, 2.45) is 4.99 Å². The van der Waals surface area contributed by atoms with E-state index in [-0.39, 0.29) is 5.60 Å². The van der Waals surface area contributed by atoms with Gasteiger partial charge >= 0.3 is 0 Å². The molecule has 0 saturated carbocycles. The summed E-state index contributed by atoms with van der Waals surface area (Å²) in [4.78, 5) is 4.38. The predicted octanol–water partition coefficient (Wildman–Crippen LogP) is 1.49. The average molecular weight is 202 g/mol. The number of rotatable bonds is 3. The number of aliphatic imine (C=N–C) groups is 1. The molecule has 1 rings (SSSR count). The van der Waals surface area contributed by atoms with Gasteiger partial charge in [-0.15, -0.1) is 0 Å². The van der Waals surface area contributed by atoms with Gasteiger partial charge < -0.3 is 10.1 Å². The Kier molecular flexibility index (Phi) is 4.06. The zero-order valence-corrected chi connectivity index (χ0v) is 9.41. The van der Waals surface area contributed by atoms with Gasteiger partial charge in [0.05, 0.1) is 5.60 Å². The molecule has 0 unspecified atom stereocenters. The normalized spacial score (nSPS) is 18.2. The first-order valence-electron chi connectivity index (χ1n) is 4.60. The molecule has 0 aromatic rings. The highest BCUT2D eigenvalue weighted by Gasteiger charge is 2.17. The molecular formula is C9H18N2OS. The Balaban J connectivity index is 2.29. The van der Waals surface area contributed by atoms with E-state index in [4.69, 9.17) is 4.74 Å². The molecule has 1 N–H and O–H groups in total. The lowest BCUT2D eigenvalue weighted by atomic mass is 10.1. The molecule has 1 heterocycles. The number of nitrogens with one attached hydrogen (secondary N) is 1. The number of ether oxygens (including phenoxy) is 1. The van der Waals surface area contributed by atoms with Crippen LogP contribution in [0.25, 0.3) is 0 Å². The lowest BCUT2D eigenvalue weighted by Gasteiger charge is -2.24. The highest BCUT2D eigenvalue weighted by molar-refractivity contribution is 8.13. The first kappa shape index (κ1) is 10.9. The summed E-state index contributed by atoms with van der Waals surface area (Å²) in [6.45, 7) is 5.90. The van der Waals surface area contributed by atoms with Crippen LogP contribution < -0.4 is 5.32 Å². The van der Waals surface area contributed by atoms with Gasteiger partial charge in [0.25, 0.3) is 0 Å². The molecule has 0 aromatic heterocycles. The molecule has 13 heavy (non-hydrogen) atoms. The number of methoxy groups -OCH3 is 1. The van der Waals surface area contributed by atoms with Crippen LogP contribution in [0.15, 0.2) is 4.99 Å². The molecule has 3 nitrogen and oxygen atoms in total. The minimum Gasteiger partial charge on any atom is -0.377 e. The molecule has 1 aliphatic heterocycles. The highest BCUT2D eigenvalue weighted by atomic mass is 32.2. The van der Waals surface area contributed by atoms with Gasteiger partial charge in [0.1, 0.15) is 0 Å². The highest BCUT2D eigenvalue weighted by Crippen LogP contribution is 2.12. The molecule has 0 aromatic carbocycles. The second-order valence-corrected chi connectivity index (χ2v) is 4.79. The monoisotopic (exact) mass is 202 g/mol. The summed E-state index contributed by atoms with van der Waals surface area (Å²) in [5.74, 6) is 1.18. The van der Waals surface area contributed by atoms with Crippen molar-refractivity contribution in [3.05, 3.63) is 0 Å². The molecule has 0 spiro atoms. The van der Waals surface area contributed by atoms with Gasteiger partial charge in [-0.1, -0.05) is 11.8 Å². The van der Waals surface area contributed by atoms with Crippen molar-refractivity contribution in [2.45, 2.75) is 25.9 Å². The number of hydrogen-bond donors (Lipinski definition) is 1. The van der Waals surface area contributed by atoms with Crippen LogP contribution >= 0.6 is 11.8 Å². The van der Waals surface area contributed by atoms with Gasteiger partial charge in [-0.25, -0.2) is 0 Å². The van der Waals surface area contributed by atoms with E-state index in [0.29, 0.717) is 0 Å². The number of thioether (sulfide) groups is 1. The van der Waals surface area contributed by atoms with E-state index in [1.165, 1.54) is 12.2 Å². The quantitative estimate of drug-likeness (QED) is 0.753. The van der Waals surface area contributed by atoms with Crippen LogP contribution in [0.1, 0.15) is 20.3 Å². The third kappa shape index (κ3) is 4.00. The van der Waals surface area contributed by atoms with E-state index in [2.05, 4.69) is 24.2 Å². The van der Waals surface area contributed by atoms with Gasteiger partial charge in [0.15, 0.2) is 5.17 Å². The van der Waals surface area contributed by atoms with Crippen LogP contribution in [-0.4, -0.2) is 36.7 Å². The van der Waals surface area contributed by atoms with Gasteiger partial charge in [-0.05, 0) is 20.3 Å². The molecule has 0 radical (unpaired) electrons. The SMILES string of the molecule is COC(C)(C)CNC1=NCCCS1. The van der Waals surface area contributed by atoms with E-state index < -0.39 is 0 Å². The third-order valence-electron chi connectivity index (χ3n) is 2.01. The van der Waals surface area contributed by atoms with Crippen LogP contribution in [0.5, 0.6) is 0 Å². The Morgan fingerprint density at radius 2 is 2.38 bits per heavy atom. The van der Waals surface area contributed by atoms with Gasteiger partial charge in [0, 0.05) is 26.0 Å². The van der Waals surface area contributed by atoms with Crippen molar-refractivity contribution in [3.63, 3.8) is 0 Å². The molecule has 0 aliphatic carbocycles. The fraction of sp³-hybridized carbons (Fsp3) is 0.889. The summed E-state index contributed by atoms with van der Waals surface area (Å²) >= 11 is 1.80. The Bertz CT molecular complexity index is 192. The summed E-state index contributed by atoms with van der Waals surface area (Å²) in [5, 5.41) is 4.37. The molecule has 0 atom stereocenters. The Morgan fingerprint density at radius 3 is 2.92 bits per heavy atom.